The standard InChI is InChI=1S/C48H82NO8P/c1-6-8-10-12-14-16-18-20-22-23-24-25-27-29-31-33-35-37-39-41-48(51)57-46(45-56-58(52,53)55-43-42-49(3,4)5)44-54-47(50)40-38-36-34-32-30-28-26-21-19-17-15-13-11-9-7-2/h21-27,29,31,33,35,37,39,41,46H,6-20,28,30,32,34,36,38,40,42-45H2,1-5H3/p+1/t46-/m1/s1. The SMILES string of the molecule is CCCCCCCCC=CCCCCCCCC(=O)OC[C@H](COP(=O)(O)OCC[N+](C)(C)C)OC(=O)C=CC=CC=CC=CC=CC=CCCCCCCCCC. The van der Waals surface area contributed by atoms with Crippen LogP contribution >= 0.6 is 7.82 Å². The molecule has 0 aliphatic carbocycles. The van der Waals surface area contributed by atoms with Crippen LogP contribution < -0.4 is 0 Å². The first-order valence-corrected chi connectivity index (χ1v) is 23.9. The molecule has 0 radical (unpaired) electrons. The molecule has 0 fully saturated rings. The quantitative estimate of drug-likeness (QED) is 0.0124. The van der Waals surface area contributed by atoms with Gasteiger partial charge in [0.1, 0.15) is 19.8 Å². The van der Waals surface area contributed by atoms with Crippen LogP contribution in [0.5, 0.6) is 0 Å². The summed E-state index contributed by atoms with van der Waals surface area (Å²) >= 11 is 0. The molecule has 0 aromatic carbocycles. The van der Waals surface area contributed by atoms with E-state index in [0.29, 0.717) is 17.4 Å². The first-order valence-electron chi connectivity index (χ1n) is 22.4. The highest BCUT2D eigenvalue weighted by atomic mass is 31.2. The number of unbranched alkanes of at least 4 members (excludes halogenated alkanes) is 18. The van der Waals surface area contributed by atoms with Gasteiger partial charge in [-0.25, -0.2) is 9.36 Å². The van der Waals surface area contributed by atoms with Crippen molar-refractivity contribution in [3.05, 3.63) is 85.1 Å². The molecule has 0 aliphatic heterocycles. The molecular formula is C48H83NO8P+. The maximum absolute atomic E-state index is 12.6. The number of carbonyl (C=O) groups is 2. The summed E-state index contributed by atoms with van der Waals surface area (Å²) in [5.74, 6) is -1.13. The number of rotatable bonds is 39. The van der Waals surface area contributed by atoms with Gasteiger partial charge >= 0.3 is 19.8 Å². The zero-order valence-corrected chi connectivity index (χ0v) is 38.1. The van der Waals surface area contributed by atoms with Crippen LogP contribution in [-0.4, -0.2) is 74.9 Å². The Hall–Kier alpha value is -2.81. The summed E-state index contributed by atoms with van der Waals surface area (Å²) in [5.41, 5.74) is 0. The van der Waals surface area contributed by atoms with Crippen molar-refractivity contribution in [2.45, 2.75) is 161 Å². The Kier molecular flexibility index (Phi) is 37.7. The van der Waals surface area contributed by atoms with E-state index < -0.39 is 32.5 Å². The van der Waals surface area contributed by atoms with Crippen LogP contribution in [0.2, 0.25) is 0 Å². The summed E-state index contributed by atoms with van der Waals surface area (Å²) in [4.78, 5) is 35.2. The third-order valence-electron chi connectivity index (χ3n) is 9.14. The average molecular weight is 833 g/mol. The van der Waals surface area contributed by atoms with Gasteiger partial charge in [-0.15, -0.1) is 0 Å². The second kappa shape index (κ2) is 39.6. The fourth-order valence-electron chi connectivity index (χ4n) is 5.60. The molecule has 1 N–H and O–H groups in total. The van der Waals surface area contributed by atoms with Crippen molar-refractivity contribution < 1.29 is 42.1 Å². The minimum atomic E-state index is -4.42. The maximum atomic E-state index is 12.6. The lowest BCUT2D eigenvalue weighted by Crippen LogP contribution is -2.37. The molecule has 9 nitrogen and oxygen atoms in total. The van der Waals surface area contributed by atoms with Crippen molar-refractivity contribution in [1.29, 1.82) is 0 Å². The molecule has 0 rings (SSSR count). The lowest BCUT2D eigenvalue weighted by atomic mass is 10.1. The van der Waals surface area contributed by atoms with Gasteiger partial charge in [0, 0.05) is 12.5 Å². The summed E-state index contributed by atoms with van der Waals surface area (Å²) < 4.78 is 34.0. The van der Waals surface area contributed by atoms with Gasteiger partial charge < -0.3 is 18.9 Å². The lowest BCUT2D eigenvalue weighted by molar-refractivity contribution is -0.870. The second-order valence-electron chi connectivity index (χ2n) is 15.9. The topological polar surface area (TPSA) is 108 Å². The molecule has 0 saturated carbocycles. The van der Waals surface area contributed by atoms with E-state index in [1.165, 1.54) is 102 Å². The summed E-state index contributed by atoms with van der Waals surface area (Å²) in [6.45, 7) is 4.19. The van der Waals surface area contributed by atoms with E-state index in [-0.39, 0.29) is 19.6 Å². The van der Waals surface area contributed by atoms with E-state index in [9.17, 15) is 19.0 Å². The van der Waals surface area contributed by atoms with Crippen LogP contribution in [0.15, 0.2) is 85.1 Å². The highest BCUT2D eigenvalue weighted by Crippen LogP contribution is 2.43. The Labute approximate surface area is 354 Å². The van der Waals surface area contributed by atoms with E-state index in [2.05, 4.69) is 38.2 Å². The van der Waals surface area contributed by atoms with Gasteiger partial charge in [-0.05, 0) is 44.9 Å². The van der Waals surface area contributed by atoms with E-state index in [1.54, 1.807) is 12.2 Å². The molecule has 0 aromatic heterocycles. The van der Waals surface area contributed by atoms with Crippen molar-refractivity contribution in [3.63, 3.8) is 0 Å². The molecule has 0 saturated heterocycles. The number of likely N-dealkylation sites (N-methyl/N-ethyl adjacent to an activating group) is 1. The fraction of sp³-hybridized carbons (Fsp3) is 0.667. The largest absolute Gasteiger partial charge is 0.472 e. The minimum Gasteiger partial charge on any atom is -0.462 e. The summed E-state index contributed by atoms with van der Waals surface area (Å²) in [6.07, 6.45) is 51.3. The molecule has 10 heteroatoms. The van der Waals surface area contributed by atoms with Crippen LogP contribution in [0.3, 0.4) is 0 Å². The van der Waals surface area contributed by atoms with Crippen LogP contribution in [0, 0.1) is 0 Å². The Balaban J connectivity index is 4.63. The summed E-state index contributed by atoms with van der Waals surface area (Å²) in [5, 5.41) is 0. The molecular weight excluding hydrogens is 750 g/mol. The fourth-order valence-corrected chi connectivity index (χ4v) is 6.35. The van der Waals surface area contributed by atoms with Gasteiger partial charge in [0.05, 0.1) is 27.7 Å². The van der Waals surface area contributed by atoms with Crippen LogP contribution in [-0.2, 0) is 32.7 Å². The number of phosphoric ester groups is 1. The van der Waals surface area contributed by atoms with Crippen LogP contribution in [0.4, 0.5) is 0 Å². The van der Waals surface area contributed by atoms with E-state index in [1.807, 2.05) is 57.6 Å². The molecule has 332 valence electrons. The van der Waals surface area contributed by atoms with E-state index in [0.717, 1.165) is 38.5 Å². The molecule has 0 amide bonds. The van der Waals surface area contributed by atoms with Gasteiger partial charge in [-0.3, -0.25) is 13.8 Å². The number of ether oxygens (including phenoxy) is 2. The predicted molar refractivity (Wildman–Crippen MR) is 242 cm³/mol. The summed E-state index contributed by atoms with van der Waals surface area (Å²) in [6, 6.07) is 0. The number of quaternary nitrogens is 1. The number of phosphoric acid groups is 1. The van der Waals surface area contributed by atoms with Gasteiger partial charge in [0.2, 0.25) is 0 Å². The zero-order valence-electron chi connectivity index (χ0n) is 37.2. The predicted octanol–water partition coefficient (Wildman–Crippen LogP) is 12.8. The van der Waals surface area contributed by atoms with Gasteiger partial charge in [-0.1, -0.05) is 183 Å². The first-order chi connectivity index (χ1) is 28.0. The van der Waals surface area contributed by atoms with E-state index >= 15 is 0 Å². The molecule has 0 aromatic rings. The summed E-state index contributed by atoms with van der Waals surface area (Å²) in [7, 11) is 1.37. The molecule has 0 spiro atoms. The molecule has 0 bridgehead atoms. The highest BCUT2D eigenvalue weighted by molar-refractivity contribution is 7.47. The lowest BCUT2D eigenvalue weighted by Gasteiger charge is -2.24. The zero-order chi connectivity index (χ0) is 42.8. The Morgan fingerprint density at radius 2 is 1.02 bits per heavy atom. The van der Waals surface area contributed by atoms with Gasteiger partial charge in [-0.2, -0.15) is 0 Å². The van der Waals surface area contributed by atoms with E-state index in [4.69, 9.17) is 18.5 Å². The normalized spacial score (nSPS) is 14.4. The minimum absolute atomic E-state index is 0.000567. The number of allylic oxidation sites excluding steroid dienone is 13. The van der Waals surface area contributed by atoms with Crippen molar-refractivity contribution in [3.8, 4) is 0 Å². The molecule has 58 heavy (non-hydrogen) atoms. The van der Waals surface area contributed by atoms with Crippen molar-refractivity contribution in [2.24, 2.45) is 0 Å². The number of hydrogen-bond donors (Lipinski definition) is 1. The number of esters is 2. The van der Waals surface area contributed by atoms with Gasteiger partial charge in [0.15, 0.2) is 6.10 Å². The average Bonchev–Trinajstić information content (AvgIpc) is 3.17. The Bertz CT molecular complexity index is 1260. The van der Waals surface area contributed by atoms with Gasteiger partial charge in [0.25, 0.3) is 0 Å². The van der Waals surface area contributed by atoms with Crippen molar-refractivity contribution in [2.75, 3.05) is 47.5 Å². The van der Waals surface area contributed by atoms with Crippen molar-refractivity contribution in [1.82, 2.24) is 0 Å². The van der Waals surface area contributed by atoms with Crippen LogP contribution in [0.1, 0.15) is 155 Å². The Morgan fingerprint density at radius 3 is 1.53 bits per heavy atom. The number of nitrogens with zero attached hydrogens (tertiary/aromatic N) is 1. The van der Waals surface area contributed by atoms with Crippen molar-refractivity contribution >= 4 is 19.8 Å². The van der Waals surface area contributed by atoms with Crippen LogP contribution in [0.25, 0.3) is 0 Å². The molecule has 2 atom stereocenters. The Morgan fingerprint density at radius 1 is 0.569 bits per heavy atom. The number of hydrogen-bond acceptors (Lipinski definition) is 7. The smallest absolute Gasteiger partial charge is 0.462 e. The monoisotopic (exact) mass is 833 g/mol. The highest BCUT2D eigenvalue weighted by Gasteiger charge is 2.26. The molecule has 1 unspecified atom stereocenters. The molecule has 0 aliphatic rings. The second-order valence-corrected chi connectivity index (χ2v) is 17.4. The third-order valence-corrected chi connectivity index (χ3v) is 10.1. The third kappa shape index (κ3) is 42.8. The molecule has 0 heterocycles. The first kappa shape index (κ1) is 55.2. The number of carbonyl (C=O) groups excluding carboxylic acids is 2. The maximum Gasteiger partial charge on any atom is 0.472 e.